The van der Waals surface area contributed by atoms with E-state index >= 15 is 0 Å². The quantitative estimate of drug-likeness (QED) is 0.719. The first-order valence-electron chi connectivity index (χ1n) is 6.19. The van der Waals surface area contributed by atoms with E-state index in [4.69, 9.17) is 11.6 Å². The SMILES string of the molecule is CNCc1csc(-c2ccc(Cl)c3ccccc23)c1. The Morgan fingerprint density at radius 1 is 1.11 bits per heavy atom. The van der Waals surface area contributed by atoms with Crippen molar-refractivity contribution >= 4 is 33.7 Å². The van der Waals surface area contributed by atoms with E-state index in [1.807, 2.05) is 19.2 Å². The van der Waals surface area contributed by atoms with Crippen LogP contribution in [0, 0.1) is 0 Å². The van der Waals surface area contributed by atoms with Crippen LogP contribution in [0.15, 0.2) is 47.8 Å². The van der Waals surface area contributed by atoms with Crippen LogP contribution in [0.3, 0.4) is 0 Å². The van der Waals surface area contributed by atoms with Gasteiger partial charge >= 0.3 is 0 Å². The lowest BCUT2D eigenvalue weighted by atomic mass is 10.0. The number of hydrogen-bond donors (Lipinski definition) is 1. The van der Waals surface area contributed by atoms with E-state index in [1.54, 1.807) is 11.3 Å². The van der Waals surface area contributed by atoms with Crippen molar-refractivity contribution in [1.82, 2.24) is 5.32 Å². The largest absolute Gasteiger partial charge is 0.316 e. The lowest BCUT2D eigenvalue weighted by Gasteiger charge is -2.06. The third-order valence-corrected chi connectivity index (χ3v) is 4.51. The molecule has 0 atom stereocenters. The van der Waals surface area contributed by atoms with Gasteiger partial charge in [-0.2, -0.15) is 0 Å². The zero-order chi connectivity index (χ0) is 13.2. The number of fused-ring (bicyclic) bond motifs is 1. The maximum absolute atomic E-state index is 6.26. The highest BCUT2D eigenvalue weighted by Gasteiger charge is 2.08. The second-order valence-corrected chi connectivity index (χ2v) is 5.81. The van der Waals surface area contributed by atoms with Gasteiger partial charge in [0.15, 0.2) is 0 Å². The fourth-order valence-electron chi connectivity index (χ4n) is 2.29. The Kier molecular flexibility index (Phi) is 3.56. The van der Waals surface area contributed by atoms with Gasteiger partial charge in [-0.1, -0.05) is 41.9 Å². The molecule has 1 N–H and O–H groups in total. The maximum Gasteiger partial charge on any atom is 0.0484 e. The molecule has 2 aromatic carbocycles. The topological polar surface area (TPSA) is 12.0 Å². The van der Waals surface area contributed by atoms with Gasteiger partial charge in [-0.15, -0.1) is 11.3 Å². The summed E-state index contributed by atoms with van der Waals surface area (Å²) < 4.78 is 0. The van der Waals surface area contributed by atoms with E-state index in [9.17, 15) is 0 Å². The molecule has 0 aliphatic heterocycles. The Labute approximate surface area is 121 Å². The van der Waals surface area contributed by atoms with Gasteiger partial charge < -0.3 is 5.32 Å². The molecule has 3 heteroatoms. The van der Waals surface area contributed by atoms with Crippen LogP contribution >= 0.6 is 22.9 Å². The molecular formula is C16H14ClNS. The molecule has 0 fully saturated rings. The lowest BCUT2D eigenvalue weighted by Crippen LogP contribution is -2.03. The van der Waals surface area contributed by atoms with Crippen molar-refractivity contribution in [2.24, 2.45) is 0 Å². The molecule has 0 spiro atoms. The zero-order valence-corrected chi connectivity index (χ0v) is 12.2. The van der Waals surface area contributed by atoms with E-state index in [-0.39, 0.29) is 0 Å². The zero-order valence-electron chi connectivity index (χ0n) is 10.6. The average Bonchev–Trinajstić information content (AvgIpc) is 2.88. The van der Waals surface area contributed by atoms with Crippen molar-refractivity contribution in [3.63, 3.8) is 0 Å². The maximum atomic E-state index is 6.26. The minimum atomic E-state index is 0.811. The molecule has 0 aliphatic rings. The Morgan fingerprint density at radius 2 is 1.89 bits per heavy atom. The molecule has 3 aromatic rings. The molecule has 0 radical (unpaired) electrons. The number of hydrogen-bond acceptors (Lipinski definition) is 2. The highest BCUT2D eigenvalue weighted by atomic mass is 35.5. The number of thiophene rings is 1. The fourth-order valence-corrected chi connectivity index (χ4v) is 3.47. The molecule has 3 rings (SSSR count). The van der Waals surface area contributed by atoms with Crippen LogP contribution in [0.25, 0.3) is 21.2 Å². The Bertz CT molecular complexity index is 718. The fraction of sp³-hybridized carbons (Fsp3) is 0.125. The molecule has 0 saturated carbocycles. The predicted octanol–water partition coefficient (Wildman–Crippen LogP) is 4.94. The van der Waals surface area contributed by atoms with Gasteiger partial charge in [-0.05, 0) is 41.1 Å². The molecule has 1 heterocycles. The van der Waals surface area contributed by atoms with Gasteiger partial charge in [0.25, 0.3) is 0 Å². The van der Waals surface area contributed by atoms with E-state index in [0.29, 0.717) is 0 Å². The Morgan fingerprint density at radius 3 is 2.68 bits per heavy atom. The average molecular weight is 288 g/mol. The molecule has 1 nitrogen and oxygen atoms in total. The number of nitrogens with one attached hydrogen (secondary N) is 1. The number of benzene rings is 2. The van der Waals surface area contributed by atoms with Crippen molar-refractivity contribution in [1.29, 1.82) is 0 Å². The van der Waals surface area contributed by atoms with Gasteiger partial charge in [-0.25, -0.2) is 0 Å². The minimum absolute atomic E-state index is 0.811. The molecule has 0 aliphatic carbocycles. The molecule has 0 unspecified atom stereocenters. The standard InChI is InChI=1S/C16H14ClNS/c1-18-9-11-8-16(19-10-11)14-6-7-15(17)13-5-3-2-4-12(13)14/h2-8,10,18H,9H2,1H3. The second kappa shape index (κ2) is 5.33. The van der Waals surface area contributed by atoms with Gasteiger partial charge in [0.1, 0.15) is 0 Å². The summed E-state index contributed by atoms with van der Waals surface area (Å²) in [5.74, 6) is 0. The summed E-state index contributed by atoms with van der Waals surface area (Å²) >= 11 is 8.05. The van der Waals surface area contributed by atoms with Crippen molar-refractivity contribution in [2.75, 3.05) is 7.05 Å². The van der Waals surface area contributed by atoms with Gasteiger partial charge in [0.2, 0.25) is 0 Å². The smallest absolute Gasteiger partial charge is 0.0484 e. The van der Waals surface area contributed by atoms with Gasteiger partial charge in [0.05, 0.1) is 0 Å². The van der Waals surface area contributed by atoms with E-state index < -0.39 is 0 Å². The Balaban J connectivity index is 2.16. The predicted molar refractivity (Wildman–Crippen MR) is 85.0 cm³/mol. The van der Waals surface area contributed by atoms with Crippen molar-refractivity contribution < 1.29 is 0 Å². The van der Waals surface area contributed by atoms with Crippen LogP contribution in [0.2, 0.25) is 5.02 Å². The van der Waals surface area contributed by atoms with E-state index in [1.165, 1.54) is 21.4 Å². The first-order chi connectivity index (χ1) is 9.29. The third-order valence-electron chi connectivity index (χ3n) is 3.17. The Hall–Kier alpha value is -1.35. The van der Waals surface area contributed by atoms with Crippen molar-refractivity contribution in [3.8, 4) is 10.4 Å². The van der Waals surface area contributed by atoms with Crippen molar-refractivity contribution in [2.45, 2.75) is 6.54 Å². The number of halogens is 1. The molecule has 1 aromatic heterocycles. The van der Waals surface area contributed by atoms with Crippen molar-refractivity contribution in [3.05, 3.63) is 58.4 Å². The van der Waals surface area contributed by atoms with E-state index in [2.05, 4.69) is 41.0 Å². The summed E-state index contributed by atoms with van der Waals surface area (Å²) in [5.41, 5.74) is 2.58. The molecular weight excluding hydrogens is 274 g/mol. The highest BCUT2D eigenvalue weighted by Crippen LogP contribution is 2.36. The van der Waals surface area contributed by atoms with Gasteiger partial charge in [-0.3, -0.25) is 0 Å². The van der Waals surface area contributed by atoms with Crippen LogP contribution in [0.1, 0.15) is 5.56 Å². The molecule has 0 bridgehead atoms. The third kappa shape index (κ3) is 2.39. The highest BCUT2D eigenvalue weighted by molar-refractivity contribution is 7.13. The first kappa shape index (κ1) is 12.7. The summed E-state index contributed by atoms with van der Waals surface area (Å²) in [7, 11) is 1.97. The van der Waals surface area contributed by atoms with Crippen LogP contribution in [0.5, 0.6) is 0 Å². The molecule has 0 amide bonds. The molecule has 19 heavy (non-hydrogen) atoms. The van der Waals surface area contributed by atoms with Gasteiger partial charge in [0, 0.05) is 21.8 Å². The van der Waals surface area contributed by atoms with Crippen LogP contribution in [-0.4, -0.2) is 7.05 Å². The molecule has 96 valence electrons. The molecule has 0 saturated heterocycles. The normalized spacial score (nSPS) is 11.1. The summed E-state index contributed by atoms with van der Waals surface area (Å²) in [4.78, 5) is 1.29. The van der Waals surface area contributed by atoms with Crippen LogP contribution < -0.4 is 5.32 Å². The summed E-state index contributed by atoms with van der Waals surface area (Å²) in [5, 5.41) is 8.53. The van der Waals surface area contributed by atoms with E-state index in [0.717, 1.165) is 17.0 Å². The van der Waals surface area contributed by atoms with Crippen LogP contribution in [0.4, 0.5) is 0 Å². The second-order valence-electron chi connectivity index (χ2n) is 4.49. The lowest BCUT2D eigenvalue weighted by molar-refractivity contribution is 0.821. The number of rotatable bonds is 3. The summed E-state index contributed by atoms with van der Waals surface area (Å²) in [6.07, 6.45) is 0. The minimum Gasteiger partial charge on any atom is -0.316 e. The summed E-state index contributed by atoms with van der Waals surface area (Å²) in [6, 6.07) is 14.6. The summed E-state index contributed by atoms with van der Waals surface area (Å²) in [6.45, 7) is 0.905. The monoisotopic (exact) mass is 287 g/mol. The first-order valence-corrected chi connectivity index (χ1v) is 7.45. The van der Waals surface area contributed by atoms with Crippen LogP contribution in [-0.2, 0) is 6.54 Å².